The summed E-state index contributed by atoms with van der Waals surface area (Å²) < 4.78 is 6.84. The van der Waals surface area contributed by atoms with E-state index in [4.69, 9.17) is 10.5 Å². The average molecular weight is 333 g/mol. The van der Waals surface area contributed by atoms with E-state index in [1.54, 1.807) is 6.20 Å². The van der Waals surface area contributed by atoms with Crippen LogP contribution in [0.3, 0.4) is 0 Å². The van der Waals surface area contributed by atoms with Crippen LogP contribution in [0, 0.1) is 6.92 Å². The molecule has 0 amide bonds. The molecule has 2 heterocycles. The number of nitrogens with two attached hydrogens (primary N) is 1. The molecule has 2 N–H and O–H groups in total. The smallest absolute Gasteiger partial charge is 0.125 e. The van der Waals surface area contributed by atoms with Gasteiger partial charge in [-0.1, -0.05) is 22.0 Å². The van der Waals surface area contributed by atoms with E-state index in [0.29, 0.717) is 0 Å². The van der Waals surface area contributed by atoms with Gasteiger partial charge in [-0.3, -0.25) is 4.98 Å². The van der Waals surface area contributed by atoms with Crippen LogP contribution in [0.25, 0.3) is 0 Å². The first-order valence-electron chi connectivity index (χ1n) is 6.76. The number of ether oxygens (including phenoxy) is 1. The standard InChI is InChI=1S/C16H17BrN2O/c1-10-3-2-5-19-15(10)14(18)9-12-8-13(17)7-11-4-6-20-16(11)12/h2-3,5,7-8,14H,4,6,9,18H2,1H3. The van der Waals surface area contributed by atoms with Crippen molar-refractivity contribution in [3.63, 3.8) is 0 Å². The fourth-order valence-corrected chi connectivity index (χ4v) is 3.27. The maximum atomic E-state index is 6.34. The van der Waals surface area contributed by atoms with Crippen molar-refractivity contribution in [3.05, 3.63) is 57.3 Å². The Hall–Kier alpha value is -1.39. The minimum absolute atomic E-state index is 0.112. The molecule has 1 atom stereocenters. The zero-order valence-electron chi connectivity index (χ0n) is 11.4. The Bertz CT molecular complexity index is 642. The molecule has 1 unspecified atom stereocenters. The van der Waals surface area contributed by atoms with E-state index in [0.717, 1.165) is 46.5 Å². The minimum Gasteiger partial charge on any atom is -0.493 e. The normalized spacial score (nSPS) is 14.8. The number of pyridine rings is 1. The number of nitrogens with zero attached hydrogens (tertiary/aromatic N) is 1. The molecule has 1 aliphatic heterocycles. The number of aromatic nitrogens is 1. The van der Waals surface area contributed by atoms with Crippen molar-refractivity contribution in [1.82, 2.24) is 4.98 Å². The lowest BCUT2D eigenvalue weighted by Gasteiger charge is -2.16. The van der Waals surface area contributed by atoms with Crippen molar-refractivity contribution in [3.8, 4) is 5.75 Å². The van der Waals surface area contributed by atoms with Crippen molar-refractivity contribution in [1.29, 1.82) is 0 Å². The molecule has 1 aromatic carbocycles. The van der Waals surface area contributed by atoms with Crippen LogP contribution >= 0.6 is 15.9 Å². The average Bonchev–Trinajstić information content (AvgIpc) is 2.87. The van der Waals surface area contributed by atoms with Gasteiger partial charge in [0.05, 0.1) is 18.3 Å². The molecule has 0 spiro atoms. The first-order chi connectivity index (χ1) is 9.65. The van der Waals surface area contributed by atoms with Crippen LogP contribution in [0.1, 0.15) is 28.4 Å². The molecule has 4 heteroatoms. The van der Waals surface area contributed by atoms with E-state index < -0.39 is 0 Å². The summed E-state index contributed by atoms with van der Waals surface area (Å²) in [5.74, 6) is 1.01. The van der Waals surface area contributed by atoms with Crippen molar-refractivity contribution in [2.24, 2.45) is 5.73 Å². The third-order valence-corrected chi connectivity index (χ3v) is 4.12. The van der Waals surface area contributed by atoms with Gasteiger partial charge in [0.1, 0.15) is 5.75 Å². The molecule has 104 valence electrons. The first-order valence-corrected chi connectivity index (χ1v) is 7.55. The van der Waals surface area contributed by atoms with Crippen LogP contribution in [0.5, 0.6) is 5.75 Å². The molecule has 20 heavy (non-hydrogen) atoms. The van der Waals surface area contributed by atoms with E-state index in [9.17, 15) is 0 Å². The summed E-state index contributed by atoms with van der Waals surface area (Å²) in [7, 11) is 0. The Morgan fingerprint density at radius 2 is 2.30 bits per heavy atom. The van der Waals surface area contributed by atoms with Gasteiger partial charge in [-0.2, -0.15) is 0 Å². The fourth-order valence-electron chi connectivity index (χ4n) is 2.72. The third-order valence-electron chi connectivity index (χ3n) is 3.67. The van der Waals surface area contributed by atoms with Gasteiger partial charge >= 0.3 is 0 Å². The molecule has 0 fully saturated rings. The van der Waals surface area contributed by atoms with E-state index in [1.165, 1.54) is 5.56 Å². The molecule has 1 aromatic heterocycles. The molecular weight excluding hydrogens is 316 g/mol. The van der Waals surface area contributed by atoms with Crippen LogP contribution in [0.4, 0.5) is 0 Å². The summed E-state index contributed by atoms with van der Waals surface area (Å²) in [4.78, 5) is 4.41. The van der Waals surface area contributed by atoms with E-state index >= 15 is 0 Å². The quantitative estimate of drug-likeness (QED) is 0.937. The lowest BCUT2D eigenvalue weighted by molar-refractivity contribution is 0.352. The van der Waals surface area contributed by atoms with Gasteiger partial charge in [0, 0.05) is 17.1 Å². The van der Waals surface area contributed by atoms with Crippen molar-refractivity contribution < 1.29 is 4.74 Å². The maximum Gasteiger partial charge on any atom is 0.125 e. The van der Waals surface area contributed by atoms with Crippen LogP contribution in [-0.2, 0) is 12.8 Å². The summed E-state index contributed by atoms with van der Waals surface area (Å²) in [5, 5.41) is 0. The summed E-state index contributed by atoms with van der Waals surface area (Å²) in [6.45, 7) is 2.81. The van der Waals surface area contributed by atoms with E-state index in [2.05, 4.69) is 33.0 Å². The molecule has 0 saturated heterocycles. The van der Waals surface area contributed by atoms with Crippen LogP contribution in [0.2, 0.25) is 0 Å². The number of hydrogen-bond donors (Lipinski definition) is 1. The second-order valence-corrected chi connectivity index (χ2v) is 6.08. The lowest BCUT2D eigenvalue weighted by Crippen LogP contribution is -2.16. The second kappa shape index (κ2) is 5.54. The van der Waals surface area contributed by atoms with Gasteiger partial charge in [0.15, 0.2) is 0 Å². The largest absolute Gasteiger partial charge is 0.493 e. The maximum absolute atomic E-state index is 6.34. The topological polar surface area (TPSA) is 48.1 Å². The molecule has 3 nitrogen and oxygen atoms in total. The van der Waals surface area contributed by atoms with Gasteiger partial charge < -0.3 is 10.5 Å². The monoisotopic (exact) mass is 332 g/mol. The number of benzene rings is 1. The Kier molecular flexibility index (Phi) is 3.76. The van der Waals surface area contributed by atoms with Crippen LogP contribution in [0.15, 0.2) is 34.9 Å². The van der Waals surface area contributed by atoms with Crippen molar-refractivity contribution >= 4 is 15.9 Å². The molecule has 0 saturated carbocycles. The fraction of sp³-hybridized carbons (Fsp3) is 0.312. The van der Waals surface area contributed by atoms with Gasteiger partial charge in [-0.05, 0) is 48.2 Å². The predicted molar refractivity (Wildman–Crippen MR) is 82.9 cm³/mol. The molecule has 0 bridgehead atoms. The highest BCUT2D eigenvalue weighted by Crippen LogP contribution is 2.35. The molecule has 2 aromatic rings. The Labute approximate surface area is 127 Å². The Morgan fingerprint density at radius 1 is 1.45 bits per heavy atom. The lowest BCUT2D eigenvalue weighted by atomic mass is 9.98. The highest BCUT2D eigenvalue weighted by atomic mass is 79.9. The van der Waals surface area contributed by atoms with Gasteiger partial charge in [-0.25, -0.2) is 0 Å². The zero-order valence-corrected chi connectivity index (χ0v) is 13.0. The number of rotatable bonds is 3. The van der Waals surface area contributed by atoms with Crippen molar-refractivity contribution in [2.75, 3.05) is 6.61 Å². The molecule has 1 aliphatic rings. The van der Waals surface area contributed by atoms with Gasteiger partial charge in [-0.15, -0.1) is 0 Å². The van der Waals surface area contributed by atoms with Crippen LogP contribution in [-0.4, -0.2) is 11.6 Å². The molecule has 3 rings (SSSR count). The summed E-state index contributed by atoms with van der Waals surface area (Å²) >= 11 is 3.56. The second-order valence-electron chi connectivity index (χ2n) is 5.17. The molecular formula is C16H17BrN2O. The van der Waals surface area contributed by atoms with Crippen LogP contribution < -0.4 is 10.5 Å². The third kappa shape index (κ3) is 2.58. The number of hydrogen-bond acceptors (Lipinski definition) is 3. The molecule has 0 aliphatic carbocycles. The van der Waals surface area contributed by atoms with Crippen molar-refractivity contribution in [2.45, 2.75) is 25.8 Å². The summed E-state index contributed by atoms with van der Waals surface area (Å²) in [6.07, 6.45) is 3.50. The first kappa shape index (κ1) is 13.6. The Morgan fingerprint density at radius 3 is 3.10 bits per heavy atom. The summed E-state index contributed by atoms with van der Waals surface area (Å²) in [6, 6.07) is 8.10. The minimum atomic E-state index is -0.112. The summed E-state index contributed by atoms with van der Waals surface area (Å²) in [5.41, 5.74) is 10.8. The number of halogens is 1. The Balaban J connectivity index is 1.90. The predicted octanol–water partition coefficient (Wildman–Crippen LogP) is 3.33. The number of aryl methyl sites for hydroxylation is 1. The molecule has 0 radical (unpaired) electrons. The number of fused-ring (bicyclic) bond motifs is 1. The highest BCUT2D eigenvalue weighted by molar-refractivity contribution is 9.10. The van der Waals surface area contributed by atoms with Gasteiger partial charge in [0.25, 0.3) is 0 Å². The van der Waals surface area contributed by atoms with Gasteiger partial charge in [0.2, 0.25) is 0 Å². The zero-order chi connectivity index (χ0) is 14.1. The van der Waals surface area contributed by atoms with E-state index in [-0.39, 0.29) is 6.04 Å². The van der Waals surface area contributed by atoms with E-state index in [1.807, 2.05) is 19.1 Å². The highest BCUT2D eigenvalue weighted by Gasteiger charge is 2.20. The SMILES string of the molecule is Cc1cccnc1C(N)Cc1cc(Br)cc2c1OCC2.